The Bertz CT molecular complexity index is 1070. The third-order valence-electron chi connectivity index (χ3n) is 4.91. The summed E-state index contributed by atoms with van der Waals surface area (Å²) in [5.74, 6) is 0.311. The lowest BCUT2D eigenvalue weighted by atomic mass is 10.0. The van der Waals surface area contributed by atoms with Crippen LogP contribution in [-0.4, -0.2) is 32.7 Å². The van der Waals surface area contributed by atoms with E-state index in [0.717, 1.165) is 33.2 Å². The second-order valence-electron chi connectivity index (χ2n) is 7.00. The van der Waals surface area contributed by atoms with Crippen molar-refractivity contribution in [2.24, 2.45) is 0 Å². The molecule has 0 aliphatic carbocycles. The fourth-order valence-corrected chi connectivity index (χ4v) is 3.07. The zero-order valence-electron chi connectivity index (χ0n) is 17.5. The topological polar surface area (TPSA) is 87.0 Å². The van der Waals surface area contributed by atoms with Crippen LogP contribution in [0.15, 0.2) is 41.0 Å². The zero-order chi connectivity index (χ0) is 21.7. The van der Waals surface area contributed by atoms with Gasteiger partial charge in [0.25, 0.3) is 5.91 Å². The third kappa shape index (κ3) is 4.92. The molecule has 0 unspecified atom stereocenters. The van der Waals surface area contributed by atoms with Crippen LogP contribution in [0.5, 0.6) is 11.5 Å². The van der Waals surface area contributed by atoms with Crippen molar-refractivity contribution in [2.45, 2.75) is 26.8 Å². The summed E-state index contributed by atoms with van der Waals surface area (Å²) in [6, 6.07) is 9.30. The first-order chi connectivity index (χ1) is 14.4. The zero-order valence-corrected chi connectivity index (χ0v) is 17.5. The Kier molecular flexibility index (Phi) is 6.61. The van der Waals surface area contributed by atoms with Crippen molar-refractivity contribution in [1.82, 2.24) is 5.32 Å². The molecule has 1 heterocycles. The molecule has 2 aromatic carbocycles. The van der Waals surface area contributed by atoms with Crippen LogP contribution in [0.1, 0.15) is 22.3 Å². The lowest BCUT2D eigenvalue weighted by molar-refractivity contribution is -0.147. The number of hydrogen-bond donors (Lipinski definition) is 1. The first kappa shape index (κ1) is 21.2. The van der Waals surface area contributed by atoms with Gasteiger partial charge in [0.15, 0.2) is 18.1 Å². The average Bonchev–Trinajstić information content (AvgIpc) is 3.11. The molecule has 0 saturated carbocycles. The summed E-state index contributed by atoms with van der Waals surface area (Å²) in [7, 11) is 3.10. The quantitative estimate of drug-likeness (QED) is 0.571. The maximum absolute atomic E-state index is 12.2. The summed E-state index contributed by atoms with van der Waals surface area (Å²) in [6.45, 7) is 3.94. The van der Waals surface area contributed by atoms with Crippen molar-refractivity contribution in [3.63, 3.8) is 0 Å². The summed E-state index contributed by atoms with van der Waals surface area (Å²) in [5, 5.41) is 3.60. The van der Waals surface area contributed by atoms with Crippen LogP contribution in [0.25, 0.3) is 11.0 Å². The maximum atomic E-state index is 12.2. The molecule has 0 aliphatic rings. The van der Waals surface area contributed by atoms with Gasteiger partial charge < -0.3 is 23.9 Å². The van der Waals surface area contributed by atoms with Gasteiger partial charge >= 0.3 is 5.97 Å². The predicted octanol–water partition coefficient (Wildman–Crippen LogP) is 3.47. The SMILES string of the molecule is COc1ccc(CNC(=O)COC(=O)Cc2coc3cc(C)c(C)cc23)cc1OC. The van der Waals surface area contributed by atoms with Gasteiger partial charge in [-0.1, -0.05) is 6.07 Å². The van der Waals surface area contributed by atoms with Gasteiger partial charge in [0.2, 0.25) is 0 Å². The number of carbonyl (C=O) groups excluding carboxylic acids is 2. The molecule has 7 nitrogen and oxygen atoms in total. The second kappa shape index (κ2) is 9.35. The van der Waals surface area contributed by atoms with E-state index in [1.165, 1.54) is 0 Å². The molecule has 0 aliphatic heterocycles. The number of hydrogen-bond acceptors (Lipinski definition) is 6. The molecule has 3 rings (SSSR count). The lowest BCUT2D eigenvalue weighted by Gasteiger charge is -2.10. The molecule has 0 radical (unpaired) electrons. The number of carbonyl (C=O) groups is 2. The van der Waals surface area contributed by atoms with Gasteiger partial charge in [0.05, 0.1) is 26.9 Å². The van der Waals surface area contributed by atoms with Crippen LogP contribution >= 0.6 is 0 Å². The van der Waals surface area contributed by atoms with E-state index in [9.17, 15) is 9.59 Å². The van der Waals surface area contributed by atoms with Gasteiger partial charge in [0, 0.05) is 17.5 Å². The van der Waals surface area contributed by atoms with Crippen LogP contribution in [0.3, 0.4) is 0 Å². The summed E-state index contributed by atoms with van der Waals surface area (Å²) >= 11 is 0. The fourth-order valence-electron chi connectivity index (χ4n) is 3.07. The van der Waals surface area contributed by atoms with Crippen LogP contribution in [0.2, 0.25) is 0 Å². The van der Waals surface area contributed by atoms with E-state index in [1.54, 1.807) is 32.6 Å². The largest absolute Gasteiger partial charge is 0.493 e. The minimum Gasteiger partial charge on any atom is -0.493 e. The molecule has 1 N–H and O–H groups in total. The van der Waals surface area contributed by atoms with E-state index in [0.29, 0.717) is 11.5 Å². The molecule has 158 valence electrons. The van der Waals surface area contributed by atoms with Crippen molar-refractivity contribution < 1.29 is 28.2 Å². The van der Waals surface area contributed by atoms with Crippen molar-refractivity contribution in [3.05, 3.63) is 58.8 Å². The molecule has 3 aromatic rings. The summed E-state index contributed by atoms with van der Waals surface area (Å²) in [4.78, 5) is 24.2. The van der Waals surface area contributed by atoms with Gasteiger partial charge in [-0.25, -0.2) is 0 Å². The van der Waals surface area contributed by atoms with Gasteiger partial charge in [-0.3, -0.25) is 9.59 Å². The Morgan fingerprint density at radius 3 is 2.47 bits per heavy atom. The first-order valence-corrected chi connectivity index (χ1v) is 9.51. The molecule has 1 aromatic heterocycles. The van der Waals surface area contributed by atoms with Gasteiger partial charge in [-0.05, 0) is 54.8 Å². The van der Waals surface area contributed by atoms with Crippen LogP contribution in [0.4, 0.5) is 0 Å². The molecular weight excluding hydrogens is 386 g/mol. The number of methoxy groups -OCH3 is 2. The van der Waals surface area contributed by atoms with E-state index in [1.807, 2.05) is 32.0 Å². The number of benzene rings is 2. The highest BCUT2D eigenvalue weighted by Gasteiger charge is 2.14. The van der Waals surface area contributed by atoms with E-state index in [-0.39, 0.29) is 25.5 Å². The normalized spacial score (nSPS) is 10.7. The lowest BCUT2D eigenvalue weighted by Crippen LogP contribution is -2.28. The Morgan fingerprint density at radius 1 is 1.00 bits per heavy atom. The second-order valence-corrected chi connectivity index (χ2v) is 7.00. The Labute approximate surface area is 174 Å². The highest BCUT2D eigenvalue weighted by Crippen LogP contribution is 2.27. The molecule has 0 saturated heterocycles. The van der Waals surface area contributed by atoms with Crippen molar-refractivity contribution >= 4 is 22.8 Å². The number of fused-ring (bicyclic) bond motifs is 1. The van der Waals surface area contributed by atoms with Gasteiger partial charge in [0.1, 0.15) is 5.58 Å². The number of nitrogens with one attached hydrogen (secondary N) is 1. The number of ether oxygens (including phenoxy) is 3. The van der Waals surface area contributed by atoms with Crippen molar-refractivity contribution in [1.29, 1.82) is 0 Å². The first-order valence-electron chi connectivity index (χ1n) is 9.51. The molecular formula is C23H25NO6. The van der Waals surface area contributed by atoms with E-state index < -0.39 is 5.97 Å². The fraction of sp³-hybridized carbons (Fsp3) is 0.304. The molecule has 30 heavy (non-hydrogen) atoms. The number of aryl methyl sites for hydroxylation is 2. The molecule has 7 heteroatoms. The third-order valence-corrected chi connectivity index (χ3v) is 4.91. The standard InChI is InChI=1S/C23H25NO6/c1-14-7-18-17(12-29-20(18)8-15(14)2)10-23(26)30-13-22(25)24-11-16-5-6-19(27-3)21(9-16)28-4/h5-9,12H,10-11,13H2,1-4H3,(H,24,25). The van der Waals surface area contributed by atoms with Crippen LogP contribution < -0.4 is 14.8 Å². The van der Waals surface area contributed by atoms with Crippen molar-refractivity contribution in [2.75, 3.05) is 20.8 Å². The average molecular weight is 411 g/mol. The predicted molar refractivity (Wildman–Crippen MR) is 112 cm³/mol. The van der Waals surface area contributed by atoms with Gasteiger partial charge in [-0.15, -0.1) is 0 Å². The minimum absolute atomic E-state index is 0.0401. The molecule has 1 amide bonds. The van der Waals surface area contributed by atoms with E-state index in [2.05, 4.69) is 5.32 Å². The molecule has 0 fully saturated rings. The molecule has 0 atom stereocenters. The molecule has 0 bridgehead atoms. The molecule has 0 spiro atoms. The highest BCUT2D eigenvalue weighted by molar-refractivity contribution is 5.87. The Balaban J connectivity index is 1.50. The monoisotopic (exact) mass is 411 g/mol. The van der Waals surface area contributed by atoms with Crippen LogP contribution in [-0.2, 0) is 27.3 Å². The number of esters is 1. The maximum Gasteiger partial charge on any atom is 0.310 e. The Morgan fingerprint density at radius 2 is 1.73 bits per heavy atom. The van der Waals surface area contributed by atoms with E-state index >= 15 is 0 Å². The summed E-state index contributed by atoms with van der Waals surface area (Å²) in [6.07, 6.45) is 1.60. The van der Waals surface area contributed by atoms with Crippen molar-refractivity contribution in [3.8, 4) is 11.5 Å². The number of rotatable bonds is 8. The smallest absolute Gasteiger partial charge is 0.310 e. The van der Waals surface area contributed by atoms with E-state index in [4.69, 9.17) is 18.6 Å². The van der Waals surface area contributed by atoms with Gasteiger partial charge in [-0.2, -0.15) is 0 Å². The summed E-state index contributed by atoms with van der Waals surface area (Å²) in [5.41, 5.74) is 4.55. The Hall–Kier alpha value is -3.48. The number of amides is 1. The highest BCUT2D eigenvalue weighted by atomic mass is 16.5. The number of furan rings is 1. The minimum atomic E-state index is -0.489. The summed E-state index contributed by atoms with van der Waals surface area (Å²) < 4.78 is 21.1. The van der Waals surface area contributed by atoms with Crippen LogP contribution in [0, 0.1) is 13.8 Å².